The molecule has 0 amide bonds. The Morgan fingerprint density at radius 3 is 2.58 bits per heavy atom. The molecule has 1 saturated carbocycles. The number of hydrogen-bond donors (Lipinski definition) is 0. The van der Waals surface area contributed by atoms with Crippen molar-refractivity contribution in [2.24, 2.45) is 16.8 Å². The zero-order valence-electron chi connectivity index (χ0n) is 6.82. The number of isocyanates is 1. The maximum absolute atomic E-state index is 9.90. The fraction of sp³-hybridized carbons (Fsp3) is 0.667. The van der Waals surface area contributed by atoms with Crippen LogP contribution >= 0.6 is 0 Å². The minimum Gasteiger partial charge on any atom is -0.234 e. The van der Waals surface area contributed by atoms with Crippen LogP contribution in [0.25, 0.3) is 0 Å². The molecule has 3 nitrogen and oxygen atoms in total. The number of hydrogen-bond acceptors (Lipinski definition) is 3. The first-order chi connectivity index (χ1) is 5.88. The molecule has 1 aliphatic carbocycles. The molecule has 0 aromatic heterocycles. The molecule has 1 rings (SSSR count). The molecule has 3 heteroatoms. The van der Waals surface area contributed by atoms with Crippen LogP contribution in [-0.4, -0.2) is 18.6 Å². The zero-order valence-corrected chi connectivity index (χ0v) is 6.82. The molecule has 0 aliphatic heterocycles. The third-order valence-corrected chi connectivity index (χ3v) is 2.47. The summed E-state index contributed by atoms with van der Waals surface area (Å²) in [4.78, 5) is 23.2. The SMILES string of the molecule is O=C=CCC1CCC1CN=C=O. The molecule has 0 saturated heterocycles. The van der Waals surface area contributed by atoms with Gasteiger partial charge in [-0.05, 0) is 31.1 Å². The van der Waals surface area contributed by atoms with Crippen molar-refractivity contribution in [2.75, 3.05) is 6.54 Å². The van der Waals surface area contributed by atoms with Gasteiger partial charge in [-0.25, -0.2) is 14.6 Å². The Morgan fingerprint density at radius 2 is 2.08 bits per heavy atom. The molecule has 12 heavy (non-hydrogen) atoms. The van der Waals surface area contributed by atoms with Crippen LogP contribution in [-0.2, 0) is 9.59 Å². The minimum atomic E-state index is 0.482. The Morgan fingerprint density at radius 1 is 1.33 bits per heavy atom. The van der Waals surface area contributed by atoms with E-state index in [-0.39, 0.29) is 0 Å². The number of aliphatic imine (C=N–C) groups is 1. The average Bonchev–Trinajstić information content (AvgIpc) is 2.04. The summed E-state index contributed by atoms with van der Waals surface area (Å²) >= 11 is 0. The summed E-state index contributed by atoms with van der Waals surface area (Å²) in [6.45, 7) is 0.570. The van der Waals surface area contributed by atoms with Gasteiger partial charge in [-0.1, -0.05) is 0 Å². The van der Waals surface area contributed by atoms with Crippen LogP contribution in [0.5, 0.6) is 0 Å². The number of rotatable bonds is 4. The lowest BCUT2D eigenvalue weighted by molar-refractivity contribution is 0.187. The molecule has 2 atom stereocenters. The monoisotopic (exact) mass is 165 g/mol. The van der Waals surface area contributed by atoms with Crippen molar-refractivity contribution in [3.8, 4) is 0 Å². The summed E-state index contributed by atoms with van der Waals surface area (Å²) in [7, 11) is 0. The van der Waals surface area contributed by atoms with Crippen molar-refractivity contribution >= 4 is 12.0 Å². The second kappa shape index (κ2) is 4.66. The highest BCUT2D eigenvalue weighted by atomic mass is 16.1. The Bertz CT molecular complexity index is 211. The molecule has 0 radical (unpaired) electrons. The van der Waals surface area contributed by atoms with Crippen LogP contribution < -0.4 is 0 Å². The van der Waals surface area contributed by atoms with E-state index in [0.29, 0.717) is 18.4 Å². The maximum atomic E-state index is 9.90. The molecule has 0 spiro atoms. The van der Waals surface area contributed by atoms with Crippen molar-refractivity contribution in [1.82, 2.24) is 0 Å². The summed E-state index contributed by atoms with van der Waals surface area (Å²) in [5, 5.41) is 0. The van der Waals surface area contributed by atoms with Crippen molar-refractivity contribution in [1.29, 1.82) is 0 Å². The Labute approximate surface area is 71.2 Å². The van der Waals surface area contributed by atoms with Gasteiger partial charge < -0.3 is 0 Å². The molecule has 0 heterocycles. The third-order valence-electron chi connectivity index (χ3n) is 2.47. The van der Waals surface area contributed by atoms with E-state index >= 15 is 0 Å². The van der Waals surface area contributed by atoms with Crippen LogP contribution in [0.3, 0.4) is 0 Å². The third kappa shape index (κ3) is 2.16. The largest absolute Gasteiger partial charge is 0.234 e. The van der Waals surface area contributed by atoms with Crippen LogP contribution in [0.4, 0.5) is 0 Å². The number of carbonyl (C=O) groups excluding carboxylic acids is 2. The summed E-state index contributed by atoms with van der Waals surface area (Å²) < 4.78 is 0. The number of allylic oxidation sites excluding steroid dienone is 1. The first-order valence-corrected chi connectivity index (χ1v) is 4.11. The Hall–Kier alpha value is -1.17. The topological polar surface area (TPSA) is 46.5 Å². The van der Waals surface area contributed by atoms with Gasteiger partial charge in [0.1, 0.15) is 5.94 Å². The molecule has 0 bridgehead atoms. The first kappa shape index (κ1) is 8.92. The fourth-order valence-corrected chi connectivity index (χ4v) is 1.54. The fourth-order valence-electron chi connectivity index (χ4n) is 1.54. The smallest absolute Gasteiger partial charge is 0.234 e. The summed E-state index contributed by atoms with van der Waals surface area (Å²) in [6, 6.07) is 0. The lowest BCUT2D eigenvalue weighted by Crippen LogP contribution is -2.27. The van der Waals surface area contributed by atoms with Crippen molar-refractivity contribution in [2.45, 2.75) is 19.3 Å². The average molecular weight is 165 g/mol. The highest BCUT2D eigenvalue weighted by Crippen LogP contribution is 2.36. The van der Waals surface area contributed by atoms with Crippen LogP contribution in [0, 0.1) is 11.8 Å². The van der Waals surface area contributed by atoms with Gasteiger partial charge in [0.05, 0.1) is 6.54 Å². The predicted molar refractivity (Wildman–Crippen MR) is 44.1 cm³/mol. The number of nitrogens with zero attached hydrogens (tertiary/aromatic N) is 1. The van der Waals surface area contributed by atoms with Gasteiger partial charge in [0, 0.05) is 6.08 Å². The molecule has 0 aromatic rings. The lowest BCUT2D eigenvalue weighted by atomic mass is 9.72. The van der Waals surface area contributed by atoms with E-state index in [1.165, 1.54) is 12.2 Å². The van der Waals surface area contributed by atoms with Gasteiger partial charge in [0.15, 0.2) is 0 Å². The van der Waals surface area contributed by atoms with Crippen molar-refractivity contribution < 1.29 is 9.59 Å². The Kier molecular flexibility index (Phi) is 3.46. The van der Waals surface area contributed by atoms with E-state index in [4.69, 9.17) is 0 Å². The quantitative estimate of drug-likeness (QED) is 0.356. The molecule has 1 aliphatic rings. The summed E-state index contributed by atoms with van der Waals surface area (Å²) in [5.74, 6) is 2.77. The predicted octanol–water partition coefficient (Wildman–Crippen LogP) is 1.13. The molecule has 64 valence electrons. The Balaban J connectivity index is 2.28. The first-order valence-electron chi connectivity index (χ1n) is 4.11. The normalized spacial score (nSPS) is 26.3. The van der Waals surface area contributed by atoms with Crippen molar-refractivity contribution in [3.63, 3.8) is 0 Å². The molecule has 0 N–H and O–H groups in total. The highest BCUT2D eigenvalue weighted by molar-refractivity contribution is 5.44. The molecular formula is C9H11NO2. The van der Waals surface area contributed by atoms with Gasteiger partial charge in [0.2, 0.25) is 6.08 Å². The zero-order chi connectivity index (χ0) is 8.81. The van der Waals surface area contributed by atoms with E-state index < -0.39 is 0 Å². The second-order valence-electron chi connectivity index (χ2n) is 3.09. The van der Waals surface area contributed by atoms with Gasteiger partial charge in [-0.15, -0.1) is 0 Å². The van der Waals surface area contributed by atoms with Crippen LogP contribution in [0.2, 0.25) is 0 Å². The highest BCUT2D eigenvalue weighted by Gasteiger charge is 2.29. The lowest BCUT2D eigenvalue weighted by Gasteiger charge is -2.34. The standard InChI is InChI=1S/C9H11NO2/c11-5-1-2-8-3-4-9(8)6-10-7-12/h1,8-9H,2-4,6H2. The summed E-state index contributed by atoms with van der Waals surface area (Å²) in [6.07, 6.45) is 6.08. The molecule has 1 fully saturated rings. The van der Waals surface area contributed by atoms with E-state index in [2.05, 4.69) is 4.99 Å². The van der Waals surface area contributed by atoms with E-state index in [0.717, 1.165) is 19.3 Å². The summed E-state index contributed by atoms with van der Waals surface area (Å²) in [5.41, 5.74) is 0. The van der Waals surface area contributed by atoms with Gasteiger partial charge in [-0.2, -0.15) is 0 Å². The van der Waals surface area contributed by atoms with Gasteiger partial charge in [0.25, 0.3) is 0 Å². The van der Waals surface area contributed by atoms with Crippen LogP contribution in [0.1, 0.15) is 19.3 Å². The molecule has 2 unspecified atom stereocenters. The minimum absolute atomic E-state index is 0.482. The maximum Gasteiger partial charge on any atom is 0.234 e. The van der Waals surface area contributed by atoms with Crippen molar-refractivity contribution in [3.05, 3.63) is 6.08 Å². The van der Waals surface area contributed by atoms with E-state index in [1.54, 1.807) is 5.94 Å². The van der Waals surface area contributed by atoms with Crippen LogP contribution in [0.15, 0.2) is 11.1 Å². The van der Waals surface area contributed by atoms with Gasteiger partial charge >= 0.3 is 0 Å². The van der Waals surface area contributed by atoms with Gasteiger partial charge in [-0.3, -0.25) is 0 Å². The molecule has 0 aromatic carbocycles. The van der Waals surface area contributed by atoms with E-state index in [9.17, 15) is 9.59 Å². The van der Waals surface area contributed by atoms with E-state index in [1.807, 2.05) is 0 Å². The second-order valence-corrected chi connectivity index (χ2v) is 3.09. The molecular weight excluding hydrogens is 154 g/mol.